The Morgan fingerprint density at radius 2 is 1.31 bits per heavy atom. The van der Waals surface area contributed by atoms with Crippen LogP contribution in [0.1, 0.15) is 12.8 Å². The minimum atomic E-state index is -0.266. The number of hydrogen-bond acceptors (Lipinski definition) is 5. The Bertz CT molecular complexity index is 858. The third-order valence-electron chi connectivity index (χ3n) is 4.39. The highest BCUT2D eigenvalue weighted by Crippen LogP contribution is 2.24. The van der Waals surface area contributed by atoms with Gasteiger partial charge in [-0.05, 0) is 61.4 Å². The van der Waals surface area contributed by atoms with Crippen LogP contribution in [0.3, 0.4) is 0 Å². The van der Waals surface area contributed by atoms with Crippen molar-refractivity contribution in [3.05, 3.63) is 66.7 Å². The molecule has 1 saturated heterocycles. The van der Waals surface area contributed by atoms with Gasteiger partial charge in [-0.15, -0.1) is 0 Å². The summed E-state index contributed by atoms with van der Waals surface area (Å²) in [5, 5.41) is 6.43. The lowest BCUT2D eigenvalue weighted by Crippen LogP contribution is -2.17. The summed E-state index contributed by atoms with van der Waals surface area (Å²) in [5.74, 6) is 1.07. The summed E-state index contributed by atoms with van der Waals surface area (Å²) < 4.78 is 13.0. The van der Waals surface area contributed by atoms with Gasteiger partial charge in [-0.25, -0.2) is 14.4 Å². The Labute approximate surface area is 151 Å². The maximum Gasteiger partial charge on any atom is 0.135 e. The van der Waals surface area contributed by atoms with E-state index in [9.17, 15) is 4.39 Å². The fourth-order valence-corrected chi connectivity index (χ4v) is 3.05. The third-order valence-corrected chi connectivity index (χ3v) is 4.39. The van der Waals surface area contributed by atoms with Gasteiger partial charge in [0.2, 0.25) is 0 Å². The van der Waals surface area contributed by atoms with Crippen molar-refractivity contribution in [2.75, 3.05) is 28.6 Å². The average Bonchev–Trinajstić information content (AvgIpc) is 3.19. The molecule has 3 aromatic rings. The van der Waals surface area contributed by atoms with Gasteiger partial charge in [0.25, 0.3) is 0 Å². The quantitative estimate of drug-likeness (QED) is 0.699. The van der Waals surface area contributed by atoms with E-state index in [1.807, 2.05) is 6.07 Å². The second-order valence-corrected chi connectivity index (χ2v) is 6.29. The van der Waals surface area contributed by atoms with E-state index >= 15 is 0 Å². The van der Waals surface area contributed by atoms with Gasteiger partial charge in [-0.2, -0.15) is 0 Å². The monoisotopic (exact) mass is 349 g/mol. The van der Waals surface area contributed by atoms with E-state index in [2.05, 4.69) is 49.8 Å². The zero-order valence-corrected chi connectivity index (χ0v) is 14.3. The lowest BCUT2D eigenvalue weighted by Gasteiger charge is -2.18. The van der Waals surface area contributed by atoms with Crippen LogP contribution >= 0.6 is 0 Å². The molecule has 2 aromatic carbocycles. The van der Waals surface area contributed by atoms with Gasteiger partial charge in [0.15, 0.2) is 0 Å². The fraction of sp³-hybridized carbons (Fsp3) is 0.200. The fourth-order valence-electron chi connectivity index (χ4n) is 3.05. The Morgan fingerprint density at radius 3 is 1.88 bits per heavy atom. The number of benzene rings is 2. The highest BCUT2D eigenvalue weighted by molar-refractivity contribution is 5.64. The smallest absolute Gasteiger partial charge is 0.135 e. The van der Waals surface area contributed by atoms with Gasteiger partial charge < -0.3 is 15.5 Å². The molecule has 0 bridgehead atoms. The Kier molecular flexibility index (Phi) is 4.64. The normalized spacial score (nSPS) is 13.7. The van der Waals surface area contributed by atoms with Crippen LogP contribution in [0, 0.1) is 5.82 Å². The van der Waals surface area contributed by atoms with Gasteiger partial charge >= 0.3 is 0 Å². The van der Waals surface area contributed by atoms with Crippen molar-refractivity contribution in [3.63, 3.8) is 0 Å². The molecule has 132 valence electrons. The number of halogens is 1. The molecule has 26 heavy (non-hydrogen) atoms. The molecule has 2 N–H and O–H groups in total. The van der Waals surface area contributed by atoms with E-state index in [1.54, 1.807) is 12.1 Å². The molecule has 0 atom stereocenters. The first-order chi connectivity index (χ1) is 12.8. The van der Waals surface area contributed by atoms with E-state index in [4.69, 9.17) is 0 Å². The van der Waals surface area contributed by atoms with E-state index < -0.39 is 0 Å². The van der Waals surface area contributed by atoms with Crippen molar-refractivity contribution >= 4 is 28.7 Å². The summed E-state index contributed by atoms with van der Waals surface area (Å²) in [4.78, 5) is 10.9. The number of anilines is 5. The summed E-state index contributed by atoms with van der Waals surface area (Å²) in [6.07, 6.45) is 4.03. The van der Waals surface area contributed by atoms with Crippen molar-refractivity contribution in [1.82, 2.24) is 9.97 Å². The lowest BCUT2D eigenvalue weighted by atomic mass is 10.2. The van der Waals surface area contributed by atoms with Crippen LogP contribution in [0.25, 0.3) is 0 Å². The van der Waals surface area contributed by atoms with Crippen LogP contribution in [0.5, 0.6) is 0 Å². The highest BCUT2D eigenvalue weighted by Gasteiger charge is 2.11. The molecule has 0 spiro atoms. The summed E-state index contributed by atoms with van der Waals surface area (Å²) in [6, 6.07) is 16.3. The Balaban J connectivity index is 1.44. The summed E-state index contributed by atoms with van der Waals surface area (Å²) in [5.41, 5.74) is 3.00. The first kappa shape index (κ1) is 16.3. The SMILES string of the molecule is Fc1ccc(Nc2cc(Nc3ccc(N4CCCC4)cc3)ncn2)cc1. The van der Waals surface area contributed by atoms with Gasteiger partial charge in [0, 0.05) is 36.2 Å². The summed E-state index contributed by atoms with van der Waals surface area (Å²) in [7, 11) is 0. The molecule has 0 saturated carbocycles. The van der Waals surface area contributed by atoms with Crippen molar-refractivity contribution in [3.8, 4) is 0 Å². The first-order valence-electron chi connectivity index (χ1n) is 8.73. The number of nitrogens with zero attached hydrogens (tertiary/aromatic N) is 3. The molecule has 1 aromatic heterocycles. The van der Waals surface area contributed by atoms with Crippen LogP contribution in [-0.4, -0.2) is 23.1 Å². The molecule has 1 aliphatic heterocycles. The van der Waals surface area contributed by atoms with Crippen molar-refractivity contribution < 1.29 is 4.39 Å². The van der Waals surface area contributed by atoms with E-state index in [1.165, 1.54) is 37.0 Å². The largest absolute Gasteiger partial charge is 0.372 e. The molecule has 1 fully saturated rings. The Morgan fingerprint density at radius 1 is 0.769 bits per heavy atom. The summed E-state index contributed by atoms with van der Waals surface area (Å²) in [6.45, 7) is 2.27. The molecular weight excluding hydrogens is 329 g/mol. The standard InChI is InChI=1S/C20H20FN5/c21-15-3-5-16(6-4-15)24-19-13-20(23-14-22-19)25-17-7-9-18(10-8-17)26-11-1-2-12-26/h3-10,13-14H,1-2,11-12H2,(H2,22,23,24,25). The number of aromatic nitrogens is 2. The molecule has 0 aliphatic carbocycles. The van der Waals surface area contributed by atoms with E-state index in [0.717, 1.165) is 24.5 Å². The second-order valence-electron chi connectivity index (χ2n) is 6.29. The summed E-state index contributed by atoms with van der Waals surface area (Å²) >= 11 is 0. The number of nitrogens with one attached hydrogen (secondary N) is 2. The van der Waals surface area contributed by atoms with E-state index in [0.29, 0.717) is 11.6 Å². The third kappa shape index (κ3) is 3.91. The maximum atomic E-state index is 13.0. The molecule has 0 radical (unpaired) electrons. The molecule has 2 heterocycles. The van der Waals surface area contributed by atoms with Crippen LogP contribution in [0.15, 0.2) is 60.9 Å². The van der Waals surface area contributed by atoms with Gasteiger partial charge in [-0.1, -0.05) is 0 Å². The average molecular weight is 349 g/mol. The molecule has 0 unspecified atom stereocenters. The van der Waals surface area contributed by atoms with Gasteiger partial charge in [0.05, 0.1) is 0 Å². The maximum absolute atomic E-state index is 13.0. The van der Waals surface area contributed by atoms with Crippen LogP contribution < -0.4 is 15.5 Å². The molecule has 0 amide bonds. The molecule has 1 aliphatic rings. The molecular formula is C20H20FN5. The van der Waals surface area contributed by atoms with Crippen LogP contribution in [0.4, 0.5) is 33.1 Å². The lowest BCUT2D eigenvalue weighted by molar-refractivity contribution is 0.628. The Hall–Kier alpha value is -3.15. The number of rotatable bonds is 5. The van der Waals surface area contributed by atoms with Crippen LogP contribution in [-0.2, 0) is 0 Å². The second kappa shape index (κ2) is 7.39. The minimum absolute atomic E-state index is 0.266. The zero-order valence-electron chi connectivity index (χ0n) is 14.3. The van der Waals surface area contributed by atoms with E-state index in [-0.39, 0.29) is 5.82 Å². The minimum Gasteiger partial charge on any atom is -0.372 e. The van der Waals surface area contributed by atoms with Gasteiger partial charge in [0.1, 0.15) is 23.8 Å². The van der Waals surface area contributed by atoms with Crippen molar-refractivity contribution in [2.24, 2.45) is 0 Å². The van der Waals surface area contributed by atoms with Gasteiger partial charge in [-0.3, -0.25) is 0 Å². The number of hydrogen-bond donors (Lipinski definition) is 2. The molecule has 6 heteroatoms. The topological polar surface area (TPSA) is 53.1 Å². The van der Waals surface area contributed by atoms with Crippen molar-refractivity contribution in [1.29, 1.82) is 0 Å². The van der Waals surface area contributed by atoms with Crippen molar-refractivity contribution in [2.45, 2.75) is 12.8 Å². The highest BCUT2D eigenvalue weighted by atomic mass is 19.1. The predicted molar refractivity (Wildman–Crippen MR) is 103 cm³/mol. The molecule has 4 rings (SSSR count). The predicted octanol–water partition coefficient (Wildman–Crippen LogP) is 4.70. The van der Waals surface area contributed by atoms with Crippen LogP contribution in [0.2, 0.25) is 0 Å². The first-order valence-corrected chi connectivity index (χ1v) is 8.73. The zero-order chi connectivity index (χ0) is 17.8. The molecule has 5 nitrogen and oxygen atoms in total.